The third-order valence-corrected chi connectivity index (χ3v) is 4.08. The molecule has 102 valence electrons. The van der Waals surface area contributed by atoms with E-state index in [1.54, 1.807) is 0 Å². The van der Waals surface area contributed by atoms with Crippen LogP contribution in [-0.2, 0) is 0 Å². The predicted octanol–water partition coefficient (Wildman–Crippen LogP) is 3.28. The minimum Gasteiger partial charge on any atom is -0.315 e. The third kappa shape index (κ3) is 4.97. The summed E-state index contributed by atoms with van der Waals surface area (Å²) in [5.41, 5.74) is 0. The van der Waals surface area contributed by atoms with Gasteiger partial charge in [0.25, 0.3) is 0 Å². The van der Waals surface area contributed by atoms with E-state index in [9.17, 15) is 0 Å². The lowest BCUT2D eigenvalue weighted by atomic mass is 9.90. The van der Waals surface area contributed by atoms with E-state index < -0.39 is 0 Å². The Balaban J connectivity index is 2.64. The quantitative estimate of drug-likeness (QED) is 0.793. The van der Waals surface area contributed by atoms with Crippen molar-refractivity contribution in [3.05, 3.63) is 0 Å². The number of rotatable bonds is 5. The number of nitrogens with one attached hydrogen (secondary N) is 1. The van der Waals surface area contributed by atoms with Crippen LogP contribution in [0.3, 0.4) is 0 Å². The largest absolute Gasteiger partial charge is 0.315 e. The predicted molar refractivity (Wildman–Crippen MR) is 76.4 cm³/mol. The molecule has 1 saturated carbocycles. The van der Waals surface area contributed by atoms with Gasteiger partial charge in [0.15, 0.2) is 0 Å². The van der Waals surface area contributed by atoms with Crippen LogP contribution >= 0.6 is 0 Å². The van der Waals surface area contributed by atoms with Gasteiger partial charge in [0.05, 0.1) is 0 Å². The molecule has 0 radical (unpaired) electrons. The van der Waals surface area contributed by atoms with Crippen molar-refractivity contribution in [1.82, 2.24) is 10.2 Å². The van der Waals surface area contributed by atoms with Crippen LogP contribution in [0, 0.1) is 5.92 Å². The van der Waals surface area contributed by atoms with E-state index >= 15 is 0 Å². The van der Waals surface area contributed by atoms with Crippen molar-refractivity contribution in [2.45, 2.75) is 71.4 Å². The van der Waals surface area contributed by atoms with Crippen LogP contribution in [0.2, 0.25) is 0 Å². The molecule has 0 saturated heterocycles. The third-order valence-electron chi connectivity index (χ3n) is 4.08. The Morgan fingerprint density at radius 3 is 2.29 bits per heavy atom. The van der Waals surface area contributed by atoms with Gasteiger partial charge in [-0.05, 0) is 32.4 Å². The molecule has 17 heavy (non-hydrogen) atoms. The molecule has 2 atom stereocenters. The molecular formula is C15H32N2. The fourth-order valence-corrected chi connectivity index (χ4v) is 3.21. The highest BCUT2D eigenvalue weighted by Gasteiger charge is 2.26. The SMILES string of the molecule is CCN(CC(C)C)C1CCCCCCC1NC. The highest BCUT2D eigenvalue weighted by molar-refractivity contribution is 4.85. The van der Waals surface area contributed by atoms with Crippen LogP contribution in [0.1, 0.15) is 59.3 Å². The minimum absolute atomic E-state index is 0.703. The van der Waals surface area contributed by atoms with E-state index in [0.29, 0.717) is 6.04 Å². The van der Waals surface area contributed by atoms with Gasteiger partial charge in [-0.3, -0.25) is 4.90 Å². The van der Waals surface area contributed by atoms with Crippen LogP contribution in [0.4, 0.5) is 0 Å². The Morgan fingerprint density at radius 1 is 1.12 bits per heavy atom. The minimum atomic E-state index is 0.703. The molecule has 0 bridgehead atoms. The lowest BCUT2D eigenvalue weighted by Gasteiger charge is -2.38. The number of nitrogens with zero attached hydrogens (tertiary/aromatic N) is 1. The second-order valence-corrected chi connectivity index (χ2v) is 5.94. The van der Waals surface area contributed by atoms with Gasteiger partial charge in [-0.1, -0.05) is 46.5 Å². The van der Waals surface area contributed by atoms with Crippen LogP contribution in [0.5, 0.6) is 0 Å². The fourth-order valence-electron chi connectivity index (χ4n) is 3.21. The summed E-state index contributed by atoms with van der Waals surface area (Å²) in [6.45, 7) is 9.42. The van der Waals surface area contributed by atoms with Crippen LogP contribution in [0.15, 0.2) is 0 Å². The number of likely N-dealkylation sites (N-methyl/N-ethyl adjacent to an activating group) is 2. The van der Waals surface area contributed by atoms with Gasteiger partial charge < -0.3 is 5.32 Å². The molecule has 1 aliphatic rings. The lowest BCUT2D eigenvalue weighted by molar-refractivity contribution is 0.128. The van der Waals surface area contributed by atoms with E-state index in [1.807, 2.05) is 0 Å². The summed E-state index contributed by atoms with van der Waals surface area (Å²) in [6.07, 6.45) is 8.42. The number of hydrogen-bond acceptors (Lipinski definition) is 2. The Labute approximate surface area is 108 Å². The number of hydrogen-bond donors (Lipinski definition) is 1. The van der Waals surface area contributed by atoms with Gasteiger partial charge >= 0.3 is 0 Å². The van der Waals surface area contributed by atoms with E-state index in [2.05, 4.69) is 38.0 Å². The van der Waals surface area contributed by atoms with Gasteiger partial charge in [0.1, 0.15) is 0 Å². The first-order chi connectivity index (χ1) is 8.19. The summed E-state index contributed by atoms with van der Waals surface area (Å²) in [4.78, 5) is 2.71. The zero-order valence-electron chi connectivity index (χ0n) is 12.3. The van der Waals surface area contributed by atoms with E-state index in [0.717, 1.165) is 12.0 Å². The van der Waals surface area contributed by atoms with Gasteiger partial charge in [0.2, 0.25) is 0 Å². The summed E-state index contributed by atoms with van der Waals surface area (Å²) in [5, 5.41) is 3.57. The van der Waals surface area contributed by atoms with Crippen molar-refractivity contribution >= 4 is 0 Å². The molecule has 1 fully saturated rings. The molecule has 0 aromatic rings. The molecule has 1 N–H and O–H groups in total. The fraction of sp³-hybridized carbons (Fsp3) is 1.00. The summed E-state index contributed by atoms with van der Waals surface area (Å²) in [7, 11) is 2.14. The highest BCUT2D eigenvalue weighted by Crippen LogP contribution is 2.22. The zero-order valence-corrected chi connectivity index (χ0v) is 12.3. The second kappa shape index (κ2) is 8.10. The van der Waals surface area contributed by atoms with Crippen molar-refractivity contribution in [3.63, 3.8) is 0 Å². The first-order valence-corrected chi connectivity index (χ1v) is 7.60. The molecule has 2 heteroatoms. The lowest BCUT2D eigenvalue weighted by Crippen LogP contribution is -2.50. The molecule has 1 rings (SSSR count). The zero-order chi connectivity index (χ0) is 12.7. The van der Waals surface area contributed by atoms with E-state index in [4.69, 9.17) is 0 Å². The van der Waals surface area contributed by atoms with E-state index in [1.165, 1.54) is 51.6 Å². The standard InChI is InChI=1S/C15H32N2/c1-5-17(12-13(2)3)15-11-9-7-6-8-10-14(15)16-4/h13-16H,5-12H2,1-4H3. The molecule has 0 heterocycles. The molecule has 2 unspecified atom stereocenters. The Morgan fingerprint density at radius 2 is 1.76 bits per heavy atom. The van der Waals surface area contributed by atoms with Crippen molar-refractivity contribution in [2.75, 3.05) is 20.1 Å². The molecule has 1 aliphatic carbocycles. The summed E-state index contributed by atoms with van der Waals surface area (Å²) in [5.74, 6) is 0.776. The molecule has 0 aliphatic heterocycles. The first kappa shape index (κ1) is 15.0. The summed E-state index contributed by atoms with van der Waals surface area (Å²) >= 11 is 0. The maximum Gasteiger partial charge on any atom is 0.0249 e. The normalized spacial score (nSPS) is 27.2. The molecule has 0 aromatic heterocycles. The topological polar surface area (TPSA) is 15.3 Å². The van der Waals surface area contributed by atoms with E-state index in [-0.39, 0.29) is 0 Å². The Bertz CT molecular complexity index is 191. The van der Waals surface area contributed by atoms with Crippen molar-refractivity contribution in [3.8, 4) is 0 Å². The van der Waals surface area contributed by atoms with Crippen molar-refractivity contribution in [2.24, 2.45) is 5.92 Å². The van der Waals surface area contributed by atoms with Gasteiger partial charge in [-0.2, -0.15) is 0 Å². The summed E-state index contributed by atoms with van der Waals surface area (Å²) in [6, 6.07) is 1.46. The Hall–Kier alpha value is -0.0800. The van der Waals surface area contributed by atoms with Gasteiger partial charge in [0, 0.05) is 18.6 Å². The average molecular weight is 240 g/mol. The molecular weight excluding hydrogens is 208 g/mol. The Kier molecular flexibility index (Phi) is 7.14. The summed E-state index contributed by atoms with van der Waals surface area (Å²) < 4.78 is 0. The molecule has 2 nitrogen and oxygen atoms in total. The average Bonchev–Trinajstić information content (AvgIpc) is 2.26. The van der Waals surface area contributed by atoms with Crippen molar-refractivity contribution in [1.29, 1.82) is 0 Å². The molecule has 0 amide bonds. The van der Waals surface area contributed by atoms with Crippen LogP contribution in [0.25, 0.3) is 0 Å². The molecule has 0 spiro atoms. The molecule has 0 aromatic carbocycles. The maximum atomic E-state index is 3.57. The highest BCUT2D eigenvalue weighted by atomic mass is 15.2. The smallest absolute Gasteiger partial charge is 0.0249 e. The van der Waals surface area contributed by atoms with Crippen LogP contribution in [-0.4, -0.2) is 37.1 Å². The maximum absolute atomic E-state index is 3.57. The monoisotopic (exact) mass is 240 g/mol. The second-order valence-electron chi connectivity index (χ2n) is 5.94. The van der Waals surface area contributed by atoms with Crippen LogP contribution < -0.4 is 5.32 Å². The van der Waals surface area contributed by atoms with Gasteiger partial charge in [-0.25, -0.2) is 0 Å². The first-order valence-electron chi connectivity index (χ1n) is 7.60. The van der Waals surface area contributed by atoms with Gasteiger partial charge in [-0.15, -0.1) is 0 Å². The van der Waals surface area contributed by atoms with Crippen molar-refractivity contribution < 1.29 is 0 Å².